The van der Waals surface area contributed by atoms with Crippen molar-refractivity contribution in [3.63, 3.8) is 0 Å². The molecule has 0 radical (unpaired) electrons. The summed E-state index contributed by atoms with van der Waals surface area (Å²) in [4.78, 5) is 22.0. The maximum absolute atomic E-state index is 12.2. The Hall–Kier alpha value is -1.13. The number of hydrogen-bond acceptors (Lipinski definition) is 2. The van der Waals surface area contributed by atoms with Crippen molar-refractivity contribution in [1.29, 1.82) is 0 Å². The van der Waals surface area contributed by atoms with E-state index in [1.54, 1.807) is 0 Å². The lowest BCUT2D eigenvalue weighted by molar-refractivity contribution is -0.137. The first-order valence-corrected chi connectivity index (χ1v) is 3.33. The minimum Gasteiger partial charge on any atom is -0.350 e. The monoisotopic (exact) mass is 160 g/mol. The van der Waals surface area contributed by atoms with Crippen molar-refractivity contribution in [3.05, 3.63) is 0 Å². The Morgan fingerprint density at radius 1 is 1.73 bits per heavy atom. The molecule has 0 aliphatic carbocycles. The summed E-state index contributed by atoms with van der Waals surface area (Å²) in [6, 6.07) is 0. The largest absolute Gasteiger partial charge is 0.350 e. The highest BCUT2D eigenvalue weighted by atomic mass is 19.1. The Kier molecular flexibility index (Phi) is 2.40. The molecular formula is C6H9FN2O2. The molecule has 11 heavy (non-hydrogen) atoms. The summed E-state index contributed by atoms with van der Waals surface area (Å²) in [6.45, 7) is 0.301. The van der Waals surface area contributed by atoms with Gasteiger partial charge in [-0.05, 0) is 0 Å². The van der Waals surface area contributed by atoms with E-state index in [0.717, 1.165) is 0 Å². The first-order chi connectivity index (χ1) is 5.24. The summed E-state index contributed by atoms with van der Waals surface area (Å²) >= 11 is 0. The number of halogens is 1. The van der Waals surface area contributed by atoms with Gasteiger partial charge in [0.25, 0.3) is 0 Å². The highest BCUT2D eigenvalue weighted by Crippen LogP contribution is 2.10. The van der Waals surface area contributed by atoms with Crippen LogP contribution in [-0.4, -0.2) is 43.0 Å². The maximum Gasteiger partial charge on any atom is 0.242 e. The zero-order valence-corrected chi connectivity index (χ0v) is 5.92. The quantitative estimate of drug-likeness (QED) is 0.533. The van der Waals surface area contributed by atoms with E-state index in [-0.39, 0.29) is 25.5 Å². The molecule has 0 unspecified atom stereocenters. The lowest BCUT2D eigenvalue weighted by Crippen LogP contribution is -2.53. The summed E-state index contributed by atoms with van der Waals surface area (Å²) in [5.41, 5.74) is 0. The maximum atomic E-state index is 12.2. The number of carbonyl (C=O) groups is 2. The van der Waals surface area contributed by atoms with Gasteiger partial charge in [-0.3, -0.25) is 9.59 Å². The molecule has 1 fully saturated rings. The second-order valence-electron chi connectivity index (χ2n) is 2.39. The van der Waals surface area contributed by atoms with Crippen molar-refractivity contribution >= 4 is 12.3 Å². The van der Waals surface area contributed by atoms with E-state index in [0.29, 0.717) is 6.41 Å². The van der Waals surface area contributed by atoms with Crippen molar-refractivity contribution in [2.24, 2.45) is 0 Å². The van der Waals surface area contributed by atoms with Gasteiger partial charge in [-0.15, -0.1) is 0 Å². The van der Waals surface area contributed by atoms with E-state index in [1.165, 1.54) is 4.90 Å². The van der Waals surface area contributed by atoms with Crippen molar-refractivity contribution < 1.29 is 14.0 Å². The molecule has 0 aromatic heterocycles. The molecule has 1 aliphatic heterocycles. The Balaban J connectivity index is 2.16. The third-order valence-electron chi connectivity index (χ3n) is 1.53. The fraction of sp³-hybridized carbons (Fsp3) is 0.667. The highest BCUT2D eigenvalue weighted by molar-refractivity contribution is 5.80. The molecule has 4 nitrogen and oxygen atoms in total. The average molecular weight is 160 g/mol. The van der Waals surface area contributed by atoms with Gasteiger partial charge in [0, 0.05) is 0 Å². The van der Waals surface area contributed by atoms with Crippen LogP contribution in [0.3, 0.4) is 0 Å². The van der Waals surface area contributed by atoms with Crippen molar-refractivity contribution in [2.75, 3.05) is 19.6 Å². The number of carbonyl (C=O) groups excluding carboxylic acids is 2. The smallest absolute Gasteiger partial charge is 0.242 e. The van der Waals surface area contributed by atoms with Crippen molar-refractivity contribution in [1.82, 2.24) is 10.2 Å². The van der Waals surface area contributed by atoms with E-state index in [2.05, 4.69) is 5.32 Å². The van der Waals surface area contributed by atoms with Crippen LogP contribution in [-0.2, 0) is 9.59 Å². The number of likely N-dealkylation sites (tertiary alicyclic amines) is 1. The van der Waals surface area contributed by atoms with Gasteiger partial charge in [-0.2, -0.15) is 0 Å². The number of alkyl halides is 1. The molecule has 1 rings (SSSR count). The third-order valence-corrected chi connectivity index (χ3v) is 1.53. The van der Waals surface area contributed by atoms with Gasteiger partial charge in [-0.25, -0.2) is 4.39 Å². The van der Waals surface area contributed by atoms with Crippen LogP contribution in [0.4, 0.5) is 4.39 Å². The minimum atomic E-state index is -0.879. The second kappa shape index (κ2) is 3.32. The van der Waals surface area contributed by atoms with E-state index in [4.69, 9.17) is 0 Å². The summed E-state index contributed by atoms with van der Waals surface area (Å²) in [7, 11) is 0. The molecule has 0 spiro atoms. The third kappa shape index (κ3) is 1.89. The van der Waals surface area contributed by atoms with Crippen LogP contribution in [0.15, 0.2) is 0 Å². The summed E-state index contributed by atoms with van der Waals surface area (Å²) in [5.74, 6) is -0.231. The van der Waals surface area contributed by atoms with Gasteiger partial charge in [0.2, 0.25) is 12.3 Å². The van der Waals surface area contributed by atoms with E-state index in [9.17, 15) is 14.0 Å². The van der Waals surface area contributed by atoms with Gasteiger partial charge in [0.15, 0.2) is 0 Å². The lowest BCUT2D eigenvalue weighted by Gasteiger charge is -2.34. The molecule has 0 saturated carbocycles. The zero-order valence-electron chi connectivity index (χ0n) is 5.92. The average Bonchev–Trinajstić information content (AvgIpc) is 1.94. The Labute approximate surface area is 63.4 Å². The highest BCUT2D eigenvalue weighted by Gasteiger charge is 2.29. The van der Waals surface area contributed by atoms with Crippen LogP contribution in [0.2, 0.25) is 0 Å². The number of rotatable bonds is 3. The summed E-state index contributed by atoms with van der Waals surface area (Å²) < 4.78 is 12.2. The predicted octanol–water partition coefficient (Wildman–Crippen LogP) is -1.09. The lowest BCUT2D eigenvalue weighted by atomic mass is 10.2. The van der Waals surface area contributed by atoms with Gasteiger partial charge in [0.05, 0.1) is 19.6 Å². The number of hydrogen-bond donors (Lipinski definition) is 1. The summed E-state index contributed by atoms with van der Waals surface area (Å²) in [6.07, 6.45) is -0.430. The molecule has 0 aromatic rings. The molecule has 2 amide bonds. The van der Waals surface area contributed by atoms with E-state index < -0.39 is 6.17 Å². The molecule has 1 saturated heterocycles. The molecule has 62 valence electrons. The van der Waals surface area contributed by atoms with Crippen LogP contribution in [0, 0.1) is 0 Å². The fourth-order valence-electron chi connectivity index (χ4n) is 0.869. The molecular weight excluding hydrogens is 151 g/mol. The molecule has 0 aromatic carbocycles. The molecule has 0 bridgehead atoms. The first kappa shape index (κ1) is 7.97. The molecule has 1 aliphatic rings. The van der Waals surface area contributed by atoms with Gasteiger partial charge in [0.1, 0.15) is 6.17 Å². The molecule has 0 atom stereocenters. The minimum absolute atomic E-state index is 0.0315. The SMILES string of the molecule is O=CNCC(=O)N1CC(F)C1. The second-order valence-corrected chi connectivity index (χ2v) is 2.39. The van der Waals surface area contributed by atoms with Crippen LogP contribution >= 0.6 is 0 Å². The first-order valence-electron chi connectivity index (χ1n) is 3.33. The fourth-order valence-corrected chi connectivity index (χ4v) is 0.869. The standard InChI is InChI=1S/C6H9FN2O2/c7-5-2-9(3-5)6(11)1-8-4-10/h4-5H,1-3H2,(H,8,10). The Morgan fingerprint density at radius 3 is 2.82 bits per heavy atom. The van der Waals surface area contributed by atoms with E-state index in [1.807, 2.05) is 0 Å². The van der Waals surface area contributed by atoms with Gasteiger partial charge in [-0.1, -0.05) is 0 Å². The van der Waals surface area contributed by atoms with Crippen LogP contribution < -0.4 is 5.32 Å². The predicted molar refractivity (Wildman–Crippen MR) is 35.5 cm³/mol. The zero-order chi connectivity index (χ0) is 8.27. The normalized spacial score (nSPS) is 17.4. The molecule has 1 heterocycles. The number of nitrogens with zero attached hydrogens (tertiary/aromatic N) is 1. The number of nitrogens with one attached hydrogen (secondary N) is 1. The van der Waals surface area contributed by atoms with Gasteiger partial charge < -0.3 is 10.2 Å². The Morgan fingerprint density at radius 2 is 2.36 bits per heavy atom. The van der Waals surface area contributed by atoms with Gasteiger partial charge >= 0.3 is 0 Å². The Bertz CT molecular complexity index is 168. The van der Waals surface area contributed by atoms with Crippen LogP contribution in [0.5, 0.6) is 0 Å². The summed E-state index contributed by atoms with van der Waals surface area (Å²) in [5, 5.41) is 2.22. The topological polar surface area (TPSA) is 49.4 Å². The van der Waals surface area contributed by atoms with Crippen LogP contribution in [0.1, 0.15) is 0 Å². The van der Waals surface area contributed by atoms with Crippen molar-refractivity contribution in [3.8, 4) is 0 Å². The van der Waals surface area contributed by atoms with Crippen molar-refractivity contribution in [2.45, 2.75) is 6.17 Å². The number of amides is 2. The molecule has 5 heteroatoms. The van der Waals surface area contributed by atoms with Crippen LogP contribution in [0.25, 0.3) is 0 Å². The van der Waals surface area contributed by atoms with E-state index >= 15 is 0 Å². The molecule has 1 N–H and O–H groups in total.